The predicted octanol–water partition coefficient (Wildman–Crippen LogP) is 3.17. The first-order valence-electron chi connectivity index (χ1n) is 7.13. The fraction of sp³-hybridized carbons (Fsp3) is 0.562. The summed E-state index contributed by atoms with van der Waals surface area (Å²) in [5.74, 6) is -1.33. The molecule has 0 aliphatic heterocycles. The van der Waals surface area contributed by atoms with E-state index in [1.165, 1.54) is 5.56 Å². The van der Waals surface area contributed by atoms with E-state index in [-0.39, 0.29) is 5.92 Å². The van der Waals surface area contributed by atoms with Crippen molar-refractivity contribution in [2.75, 3.05) is 0 Å². The maximum absolute atomic E-state index is 11.3. The van der Waals surface area contributed by atoms with Gasteiger partial charge >= 0.3 is 5.97 Å². The SMILES string of the molecule is CCc1ccc(C(O)C2CCCCC2C(=O)O)cc1. The van der Waals surface area contributed by atoms with Crippen LogP contribution in [-0.2, 0) is 11.2 Å². The minimum atomic E-state index is -0.770. The van der Waals surface area contributed by atoms with E-state index < -0.39 is 18.0 Å². The van der Waals surface area contributed by atoms with Crippen LogP contribution in [0.25, 0.3) is 0 Å². The highest BCUT2D eigenvalue weighted by Gasteiger charge is 2.35. The van der Waals surface area contributed by atoms with Crippen LogP contribution in [0.15, 0.2) is 24.3 Å². The Morgan fingerprint density at radius 1 is 1.26 bits per heavy atom. The Hall–Kier alpha value is -1.35. The number of carboxylic acids is 1. The molecule has 0 heterocycles. The molecule has 0 saturated heterocycles. The van der Waals surface area contributed by atoms with E-state index in [1.807, 2.05) is 24.3 Å². The molecular formula is C16H22O3. The molecule has 3 atom stereocenters. The smallest absolute Gasteiger partial charge is 0.306 e. The highest BCUT2D eigenvalue weighted by molar-refractivity contribution is 5.70. The molecule has 19 heavy (non-hydrogen) atoms. The van der Waals surface area contributed by atoms with E-state index in [0.29, 0.717) is 6.42 Å². The molecular weight excluding hydrogens is 240 g/mol. The second-order valence-electron chi connectivity index (χ2n) is 5.43. The lowest BCUT2D eigenvalue weighted by molar-refractivity contribution is -0.147. The van der Waals surface area contributed by atoms with Crippen molar-refractivity contribution in [2.24, 2.45) is 11.8 Å². The van der Waals surface area contributed by atoms with Crippen molar-refractivity contribution in [3.05, 3.63) is 35.4 Å². The first-order valence-corrected chi connectivity index (χ1v) is 7.13. The predicted molar refractivity (Wildman–Crippen MR) is 73.9 cm³/mol. The Kier molecular flexibility index (Phi) is 4.59. The Labute approximate surface area is 114 Å². The van der Waals surface area contributed by atoms with Crippen LogP contribution in [0.5, 0.6) is 0 Å². The molecule has 1 aromatic carbocycles. The van der Waals surface area contributed by atoms with Crippen LogP contribution >= 0.6 is 0 Å². The molecule has 3 nitrogen and oxygen atoms in total. The summed E-state index contributed by atoms with van der Waals surface area (Å²) < 4.78 is 0. The van der Waals surface area contributed by atoms with Gasteiger partial charge in [0, 0.05) is 5.92 Å². The van der Waals surface area contributed by atoms with Crippen molar-refractivity contribution in [3.63, 3.8) is 0 Å². The van der Waals surface area contributed by atoms with Gasteiger partial charge in [0.2, 0.25) is 0 Å². The van der Waals surface area contributed by atoms with Gasteiger partial charge in [-0.3, -0.25) is 4.79 Å². The second kappa shape index (κ2) is 6.20. The lowest BCUT2D eigenvalue weighted by atomic mass is 9.74. The summed E-state index contributed by atoms with van der Waals surface area (Å²) in [6.07, 6.45) is 3.76. The van der Waals surface area contributed by atoms with Gasteiger partial charge in [0.15, 0.2) is 0 Å². The van der Waals surface area contributed by atoms with Crippen molar-refractivity contribution in [1.82, 2.24) is 0 Å². The van der Waals surface area contributed by atoms with Crippen LogP contribution < -0.4 is 0 Å². The number of benzene rings is 1. The molecule has 1 aromatic rings. The first kappa shape index (κ1) is 14.1. The lowest BCUT2D eigenvalue weighted by Crippen LogP contribution is -2.31. The third-order valence-corrected chi connectivity index (χ3v) is 4.27. The summed E-state index contributed by atoms with van der Waals surface area (Å²) in [5.41, 5.74) is 2.07. The number of hydrogen-bond donors (Lipinski definition) is 2. The zero-order valence-electron chi connectivity index (χ0n) is 11.4. The van der Waals surface area contributed by atoms with E-state index in [1.54, 1.807) is 0 Å². The molecule has 1 aliphatic rings. The molecule has 0 radical (unpaired) electrons. The molecule has 2 rings (SSSR count). The van der Waals surface area contributed by atoms with Crippen LogP contribution in [0, 0.1) is 11.8 Å². The molecule has 1 saturated carbocycles. The van der Waals surface area contributed by atoms with Gasteiger partial charge in [0.05, 0.1) is 12.0 Å². The third kappa shape index (κ3) is 3.16. The summed E-state index contributed by atoms with van der Waals surface area (Å²) in [6, 6.07) is 7.88. The van der Waals surface area contributed by atoms with Crippen LogP contribution in [-0.4, -0.2) is 16.2 Å². The van der Waals surface area contributed by atoms with Gasteiger partial charge in [-0.2, -0.15) is 0 Å². The Morgan fingerprint density at radius 2 is 1.89 bits per heavy atom. The average molecular weight is 262 g/mol. The van der Waals surface area contributed by atoms with Gasteiger partial charge in [-0.1, -0.05) is 44.0 Å². The number of aryl methyl sites for hydroxylation is 1. The van der Waals surface area contributed by atoms with Crippen molar-refractivity contribution >= 4 is 5.97 Å². The Morgan fingerprint density at radius 3 is 2.47 bits per heavy atom. The molecule has 3 heteroatoms. The molecule has 104 valence electrons. The van der Waals surface area contributed by atoms with Crippen molar-refractivity contribution in [1.29, 1.82) is 0 Å². The fourth-order valence-electron chi connectivity index (χ4n) is 3.04. The summed E-state index contributed by atoms with van der Waals surface area (Å²) in [5, 5.41) is 19.7. The molecule has 3 unspecified atom stereocenters. The summed E-state index contributed by atoms with van der Waals surface area (Å²) in [7, 11) is 0. The van der Waals surface area contributed by atoms with Crippen LogP contribution in [0.2, 0.25) is 0 Å². The van der Waals surface area contributed by atoms with E-state index in [0.717, 1.165) is 31.2 Å². The largest absolute Gasteiger partial charge is 0.481 e. The third-order valence-electron chi connectivity index (χ3n) is 4.27. The second-order valence-corrected chi connectivity index (χ2v) is 5.43. The minimum absolute atomic E-state index is 0.154. The maximum Gasteiger partial charge on any atom is 0.306 e. The number of aliphatic carboxylic acids is 1. The normalized spacial score (nSPS) is 24.9. The topological polar surface area (TPSA) is 57.5 Å². The van der Waals surface area contributed by atoms with Crippen LogP contribution in [0.4, 0.5) is 0 Å². The monoisotopic (exact) mass is 262 g/mol. The molecule has 1 fully saturated rings. The number of carbonyl (C=O) groups is 1. The molecule has 0 aromatic heterocycles. The molecule has 0 spiro atoms. The molecule has 1 aliphatic carbocycles. The van der Waals surface area contributed by atoms with Gasteiger partial charge in [-0.25, -0.2) is 0 Å². The number of carboxylic acid groups (broad SMARTS) is 1. The van der Waals surface area contributed by atoms with E-state index >= 15 is 0 Å². The Balaban J connectivity index is 2.15. The van der Waals surface area contributed by atoms with Gasteiger partial charge in [0.25, 0.3) is 0 Å². The van der Waals surface area contributed by atoms with Gasteiger partial charge < -0.3 is 10.2 Å². The number of aliphatic hydroxyl groups excluding tert-OH is 1. The van der Waals surface area contributed by atoms with E-state index in [2.05, 4.69) is 6.92 Å². The lowest BCUT2D eigenvalue weighted by Gasteiger charge is -2.32. The maximum atomic E-state index is 11.3. The molecule has 2 N–H and O–H groups in total. The first-order chi connectivity index (χ1) is 9.13. The highest BCUT2D eigenvalue weighted by atomic mass is 16.4. The van der Waals surface area contributed by atoms with Gasteiger partial charge in [-0.05, 0) is 30.4 Å². The molecule has 0 amide bonds. The van der Waals surface area contributed by atoms with Gasteiger partial charge in [0.1, 0.15) is 0 Å². The fourth-order valence-corrected chi connectivity index (χ4v) is 3.04. The van der Waals surface area contributed by atoms with Crippen LogP contribution in [0.3, 0.4) is 0 Å². The highest BCUT2D eigenvalue weighted by Crippen LogP contribution is 2.38. The zero-order chi connectivity index (χ0) is 13.8. The van der Waals surface area contributed by atoms with Crippen molar-refractivity contribution in [2.45, 2.75) is 45.1 Å². The minimum Gasteiger partial charge on any atom is -0.481 e. The van der Waals surface area contributed by atoms with Crippen LogP contribution in [0.1, 0.15) is 49.8 Å². The summed E-state index contributed by atoms with van der Waals surface area (Å²) >= 11 is 0. The summed E-state index contributed by atoms with van der Waals surface area (Å²) in [6.45, 7) is 2.09. The number of hydrogen-bond acceptors (Lipinski definition) is 2. The number of aliphatic hydroxyl groups is 1. The number of rotatable bonds is 4. The van der Waals surface area contributed by atoms with Gasteiger partial charge in [-0.15, -0.1) is 0 Å². The molecule has 0 bridgehead atoms. The Bertz CT molecular complexity index is 424. The van der Waals surface area contributed by atoms with E-state index in [9.17, 15) is 15.0 Å². The quantitative estimate of drug-likeness (QED) is 0.876. The summed E-state index contributed by atoms with van der Waals surface area (Å²) in [4.78, 5) is 11.3. The van der Waals surface area contributed by atoms with Crippen molar-refractivity contribution < 1.29 is 15.0 Å². The standard InChI is InChI=1S/C16H22O3/c1-2-11-7-9-12(10-8-11)15(17)13-5-3-4-6-14(13)16(18)19/h7-10,13-15,17H,2-6H2,1H3,(H,18,19). The van der Waals surface area contributed by atoms with E-state index in [4.69, 9.17) is 0 Å². The average Bonchev–Trinajstić information content (AvgIpc) is 2.46. The zero-order valence-corrected chi connectivity index (χ0v) is 11.4. The van der Waals surface area contributed by atoms with Crippen molar-refractivity contribution in [3.8, 4) is 0 Å².